The summed E-state index contributed by atoms with van der Waals surface area (Å²) in [5.74, 6) is -0.619. The third kappa shape index (κ3) is 8.85. The minimum absolute atomic E-state index is 0.0250. The van der Waals surface area contributed by atoms with Gasteiger partial charge in [-0.1, -0.05) is 39.8 Å². The van der Waals surface area contributed by atoms with Crippen LogP contribution in [0, 0.1) is 0 Å². The third-order valence-corrected chi connectivity index (χ3v) is 11.8. The SMILES string of the molecule is CSSC(C)c1ccccc1C(=O)O[C@@H]1C[C@H](n2cnc3c(N)ncnc32)OC1COP(=O)(O)OP(=O)(O)OP(=O)(O)O. The molecule has 2 aromatic heterocycles. The maximum atomic E-state index is 13.4. The summed E-state index contributed by atoms with van der Waals surface area (Å²) >= 11 is 0. The summed E-state index contributed by atoms with van der Waals surface area (Å²) in [5.41, 5.74) is 7.40. The van der Waals surface area contributed by atoms with Gasteiger partial charge < -0.3 is 34.8 Å². The number of esters is 1. The smallest absolute Gasteiger partial charge is 0.456 e. The van der Waals surface area contributed by atoms with Gasteiger partial charge in [-0.25, -0.2) is 33.4 Å². The number of carbonyl (C=O) groups is 1. The number of ether oxygens (including phenoxy) is 2. The third-order valence-electron chi connectivity index (χ3n) is 5.81. The van der Waals surface area contributed by atoms with E-state index in [9.17, 15) is 28.3 Å². The molecule has 0 saturated carbocycles. The van der Waals surface area contributed by atoms with Crippen molar-refractivity contribution >= 4 is 68.0 Å². The molecule has 43 heavy (non-hydrogen) atoms. The first-order valence-electron chi connectivity index (χ1n) is 12.0. The summed E-state index contributed by atoms with van der Waals surface area (Å²) in [6, 6.07) is 6.82. The maximum absolute atomic E-state index is 13.4. The highest BCUT2D eigenvalue weighted by molar-refractivity contribution is 8.76. The predicted molar refractivity (Wildman–Crippen MR) is 153 cm³/mol. The van der Waals surface area contributed by atoms with Crippen LogP contribution in [0.2, 0.25) is 0 Å². The number of fused-ring (bicyclic) bond motifs is 1. The van der Waals surface area contributed by atoms with Crippen molar-refractivity contribution in [2.24, 2.45) is 0 Å². The summed E-state index contributed by atoms with van der Waals surface area (Å²) in [7, 11) is -13.8. The number of rotatable bonds is 13. The van der Waals surface area contributed by atoms with Crippen LogP contribution in [0.3, 0.4) is 0 Å². The fraction of sp³-hybridized carbons (Fsp3) is 0.400. The summed E-state index contributed by atoms with van der Waals surface area (Å²) in [5, 5.41) is -0.0742. The molecule has 1 saturated heterocycles. The first-order valence-corrected chi connectivity index (χ1v) is 19.1. The molecule has 0 spiro atoms. The molecule has 4 unspecified atom stereocenters. The van der Waals surface area contributed by atoms with E-state index in [1.54, 1.807) is 24.3 Å². The second-order valence-electron chi connectivity index (χ2n) is 8.77. The highest BCUT2D eigenvalue weighted by atomic mass is 33.1. The number of imidazole rings is 1. The van der Waals surface area contributed by atoms with E-state index in [0.717, 1.165) is 0 Å². The van der Waals surface area contributed by atoms with Crippen LogP contribution < -0.4 is 5.73 Å². The fourth-order valence-electron chi connectivity index (χ4n) is 4.13. The molecule has 1 aliphatic heterocycles. The van der Waals surface area contributed by atoms with Crippen molar-refractivity contribution in [1.82, 2.24) is 19.5 Å². The molecule has 0 radical (unpaired) electrons. The molecule has 23 heteroatoms. The van der Waals surface area contributed by atoms with Gasteiger partial charge in [0.2, 0.25) is 0 Å². The van der Waals surface area contributed by atoms with Gasteiger partial charge in [0, 0.05) is 11.7 Å². The monoisotopic (exact) mass is 701 g/mol. The average Bonchev–Trinajstić information content (AvgIpc) is 3.50. The Morgan fingerprint density at radius 3 is 2.56 bits per heavy atom. The van der Waals surface area contributed by atoms with E-state index in [-0.39, 0.29) is 34.2 Å². The molecular formula is C20H26N5O13P3S2. The van der Waals surface area contributed by atoms with Gasteiger partial charge >= 0.3 is 29.4 Å². The zero-order chi connectivity index (χ0) is 31.6. The average molecular weight is 702 g/mol. The lowest BCUT2D eigenvalue weighted by Gasteiger charge is -2.22. The lowest BCUT2D eigenvalue weighted by atomic mass is 10.0. The van der Waals surface area contributed by atoms with Crippen LogP contribution in [0.15, 0.2) is 36.9 Å². The number of nitrogens with two attached hydrogens (primary N) is 1. The molecule has 1 aromatic carbocycles. The van der Waals surface area contributed by atoms with Crippen LogP contribution in [-0.4, -0.2) is 70.1 Å². The van der Waals surface area contributed by atoms with Crippen molar-refractivity contribution in [3.63, 3.8) is 0 Å². The van der Waals surface area contributed by atoms with Gasteiger partial charge in [-0.2, -0.15) is 8.62 Å². The summed E-state index contributed by atoms with van der Waals surface area (Å²) < 4.78 is 60.5. The van der Waals surface area contributed by atoms with Crippen molar-refractivity contribution in [1.29, 1.82) is 0 Å². The molecule has 1 fully saturated rings. The Morgan fingerprint density at radius 2 is 1.86 bits per heavy atom. The number of hydrogen-bond donors (Lipinski definition) is 5. The van der Waals surface area contributed by atoms with Crippen LogP contribution >= 0.6 is 45.1 Å². The Balaban J connectivity index is 1.57. The number of anilines is 1. The van der Waals surface area contributed by atoms with Crippen molar-refractivity contribution in [2.45, 2.75) is 37.0 Å². The number of aromatic nitrogens is 4. The quantitative estimate of drug-likeness (QED) is 0.0971. The van der Waals surface area contributed by atoms with E-state index < -0.39 is 54.5 Å². The Labute approximate surface area is 251 Å². The summed E-state index contributed by atoms with van der Waals surface area (Å²) in [4.78, 5) is 62.4. The Morgan fingerprint density at radius 1 is 1.14 bits per heavy atom. The minimum atomic E-state index is -5.75. The standard InChI is InChI=1S/C20H26N5O13P3S2/c1-11(43-42-2)12-5-3-4-6-13(12)20(26)36-14-7-16(25-10-24-17-18(21)22-9-23-19(17)25)35-15(14)8-34-40(30,31)38-41(32,33)37-39(27,28)29/h3-6,9-11,14-16H,7-8H2,1-2H3,(H,30,31)(H,32,33)(H2,21,22,23)(H2,27,28,29)/t11?,14-,15?,16-/m1/s1. The molecule has 18 nitrogen and oxygen atoms in total. The lowest BCUT2D eigenvalue weighted by molar-refractivity contribution is -0.0490. The lowest BCUT2D eigenvalue weighted by Crippen LogP contribution is -2.31. The number of nitrogens with zero attached hydrogens (tertiary/aromatic N) is 4. The second kappa shape index (κ2) is 13.6. The molecule has 4 rings (SSSR count). The van der Waals surface area contributed by atoms with E-state index in [2.05, 4.69) is 23.6 Å². The number of nitrogen functional groups attached to an aromatic ring is 1. The molecule has 0 bridgehead atoms. The zero-order valence-corrected chi connectivity index (χ0v) is 26.5. The largest absolute Gasteiger partial charge is 0.490 e. The van der Waals surface area contributed by atoms with Gasteiger partial charge in [0.25, 0.3) is 0 Å². The second-order valence-corrected chi connectivity index (χ2v) is 16.0. The molecule has 0 aliphatic carbocycles. The van der Waals surface area contributed by atoms with Crippen LogP contribution in [0.25, 0.3) is 11.2 Å². The van der Waals surface area contributed by atoms with E-state index in [1.807, 2.05) is 13.2 Å². The first-order chi connectivity index (χ1) is 20.1. The highest BCUT2D eigenvalue weighted by Crippen LogP contribution is 2.66. The topological polar surface area (TPSA) is 265 Å². The number of phosphoric acid groups is 3. The van der Waals surface area contributed by atoms with Crippen LogP contribution in [0.5, 0.6) is 0 Å². The normalized spacial score (nSPS) is 22.6. The molecule has 0 amide bonds. The van der Waals surface area contributed by atoms with Crippen molar-refractivity contribution in [3.8, 4) is 0 Å². The Bertz CT molecular complexity index is 1620. The molecule has 6 atom stereocenters. The van der Waals surface area contributed by atoms with Gasteiger partial charge in [-0.3, -0.25) is 9.09 Å². The summed E-state index contributed by atoms with van der Waals surface area (Å²) in [6.45, 7) is 1.08. The van der Waals surface area contributed by atoms with Crippen molar-refractivity contribution in [3.05, 3.63) is 48.0 Å². The minimum Gasteiger partial charge on any atom is -0.456 e. The summed E-state index contributed by atoms with van der Waals surface area (Å²) in [6.07, 6.45) is 1.16. The number of carbonyl (C=O) groups excluding carboxylic acids is 1. The van der Waals surface area contributed by atoms with Gasteiger partial charge in [-0.15, -0.1) is 0 Å². The van der Waals surface area contributed by atoms with Crippen LogP contribution in [0.1, 0.15) is 40.7 Å². The maximum Gasteiger partial charge on any atom is 0.490 e. The number of benzene rings is 1. The number of hydrogen-bond acceptors (Lipinski definition) is 15. The van der Waals surface area contributed by atoms with E-state index in [1.165, 1.54) is 38.8 Å². The Hall–Kier alpha value is -1.89. The fourth-order valence-corrected chi connectivity index (χ4v) is 8.94. The molecular weight excluding hydrogens is 675 g/mol. The Kier molecular flexibility index (Phi) is 10.8. The van der Waals surface area contributed by atoms with Crippen molar-refractivity contribution in [2.75, 3.05) is 18.6 Å². The molecule has 3 aromatic rings. The van der Waals surface area contributed by atoms with Crippen LogP contribution in [0.4, 0.5) is 5.82 Å². The van der Waals surface area contributed by atoms with E-state index in [4.69, 9.17) is 29.5 Å². The van der Waals surface area contributed by atoms with Gasteiger partial charge in [0.1, 0.15) is 30.3 Å². The van der Waals surface area contributed by atoms with Crippen molar-refractivity contribution < 1.29 is 60.7 Å². The predicted octanol–water partition coefficient (Wildman–Crippen LogP) is 3.34. The number of phosphoric ester groups is 1. The molecule has 1 aliphatic rings. The van der Waals surface area contributed by atoms with Gasteiger partial charge in [0.05, 0.1) is 18.5 Å². The molecule has 6 N–H and O–H groups in total. The van der Waals surface area contributed by atoms with Gasteiger partial charge in [-0.05, 0) is 24.8 Å². The van der Waals surface area contributed by atoms with Gasteiger partial charge in [0.15, 0.2) is 11.5 Å². The highest BCUT2D eigenvalue weighted by Gasteiger charge is 2.44. The first kappa shape index (κ1) is 34.0. The van der Waals surface area contributed by atoms with E-state index >= 15 is 0 Å². The molecule has 3 heterocycles. The molecule has 236 valence electrons. The van der Waals surface area contributed by atoms with Crippen LogP contribution in [-0.2, 0) is 36.3 Å². The zero-order valence-electron chi connectivity index (χ0n) is 22.2. The van der Waals surface area contributed by atoms with E-state index in [0.29, 0.717) is 5.56 Å².